The molecule has 1 aliphatic rings. The van der Waals surface area contributed by atoms with Crippen LogP contribution >= 0.6 is 23.8 Å². The summed E-state index contributed by atoms with van der Waals surface area (Å²) in [7, 11) is 0. The van der Waals surface area contributed by atoms with E-state index in [2.05, 4.69) is 5.32 Å². The maximum atomic E-state index is 13.3. The van der Waals surface area contributed by atoms with Gasteiger partial charge in [0.2, 0.25) is 5.91 Å². The molecule has 1 heterocycles. The van der Waals surface area contributed by atoms with Crippen molar-refractivity contribution in [2.45, 2.75) is 12.5 Å². The average molecular weight is 301 g/mol. The molecule has 1 aliphatic heterocycles. The highest BCUT2D eigenvalue weighted by Gasteiger charge is 2.23. The number of benzene rings is 1. The minimum absolute atomic E-state index is 0.0464. The first kappa shape index (κ1) is 13.9. The monoisotopic (exact) mass is 300 g/mol. The number of rotatable bonds is 1. The molecule has 1 unspecified atom stereocenters. The van der Waals surface area contributed by atoms with E-state index >= 15 is 0 Å². The molecule has 0 saturated carbocycles. The zero-order chi connectivity index (χ0) is 14.0. The molecule has 1 amide bonds. The highest BCUT2D eigenvalue weighted by atomic mass is 35.5. The molecule has 2 N–H and O–H groups in total. The third kappa shape index (κ3) is 3.09. The third-order valence-electron chi connectivity index (χ3n) is 2.52. The number of hydrogen-bond donors (Lipinski definition) is 2. The van der Waals surface area contributed by atoms with E-state index in [-0.39, 0.29) is 28.2 Å². The summed E-state index contributed by atoms with van der Waals surface area (Å²) in [5.41, 5.74) is 0.277. The van der Waals surface area contributed by atoms with Gasteiger partial charge < -0.3 is 10.4 Å². The van der Waals surface area contributed by atoms with E-state index < -0.39 is 11.9 Å². The zero-order valence-corrected chi connectivity index (χ0v) is 11.2. The molecule has 2 rings (SSSR count). The van der Waals surface area contributed by atoms with Crippen molar-refractivity contribution in [2.24, 2.45) is 0 Å². The lowest BCUT2D eigenvalue weighted by atomic mass is 10.2. The zero-order valence-electron chi connectivity index (χ0n) is 9.64. The van der Waals surface area contributed by atoms with Crippen LogP contribution in [0.5, 0.6) is 0 Å². The van der Waals surface area contributed by atoms with Crippen LogP contribution in [-0.2, 0) is 4.79 Å². The molecular weight excluding hydrogens is 291 g/mol. The Hall–Kier alpha value is -1.50. The van der Waals surface area contributed by atoms with E-state index in [1.807, 2.05) is 0 Å². The van der Waals surface area contributed by atoms with Gasteiger partial charge >= 0.3 is 0 Å². The first-order valence-corrected chi connectivity index (χ1v) is 6.21. The summed E-state index contributed by atoms with van der Waals surface area (Å²) >= 11 is 10.8. The Morgan fingerprint density at radius 1 is 1.58 bits per heavy atom. The predicted octanol–water partition coefficient (Wildman–Crippen LogP) is 2.28. The smallest absolute Gasteiger partial charge is 0.235 e. The Balaban J connectivity index is 2.15. The molecule has 0 aromatic heterocycles. The van der Waals surface area contributed by atoms with E-state index in [9.17, 15) is 14.3 Å². The second-order valence-electron chi connectivity index (χ2n) is 3.91. The van der Waals surface area contributed by atoms with Crippen molar-refractivity contribution >= 4 is 40.5 Å². The highest BCUT2D eigenvalue weighted by Crippen LogP contribution is 2.25. The molecule has 1 atom stereocenters. The van der Waals surface area contributed by atoms with Crippen LogP contribution in [0.1, 0.15) is 6.42 Å². The van der Waals surface area contributed by atoms with Gasteiger partial charge in [0.15, 0.2) is 5.11 Å². The predicted molar refractivity (Wildman–Crippen MR) is 74.2 cm³/mol. The van der Waals surface area contributed by atoms with Crippen LogP contribution < -0.4 is 5.32 Å². The Morgan fingerprint density at radius 2 is 2.32 bits per heavy atom. The minimum atomic E-state index is -0.802. The molecule has 7 heteroatoms. The number of carbonyl (C=O) groups excluding carboxylic acids is 1. The minimum Gasteiger partial charge on any atom is -0.388 e. The van der Waals surface area contributed by atoms with Gasteiger partial charge in [-0.25, -0.2) is 4.39 Å². The molecule has 1 aromatic carbocycles. The van der Waals surface area contributed by atoms with Gasteiger partial charge in [0, 0.05) is 6.20 Å². The summed E-state index contributed by atoms with van der Waals surface area (Å²) in [4.78, 5) is 12.8. The quantitative estimate of drug-likeness (QED) is 0.781. The van der Waals surface area contributed by atoms with Crippen molar-refractivity contribution in [3.05, 3.63) is 41.3 Å². The number of halogens is 2. The van der Waals surface area contributed by atoms with Gasteiger partial charge in [0.1, 0.15) is 5.82 Å². The second kappa shape index (κ2) is 5.64. The van der Waals surface area contributed by atoms with Crippen LogP contribution in [-0.4, -0.2) is 27.1 Å². The van der Waals surface area contributed by atoms with Crippen molar-refractivity contribution in [1.82, 2.24) is 4.90 Å². The van der Waals surface area contributed by atoms with E-state index in [1.165, 1.54) is 29.3 Å². The maximum absolute atomic E-state index is 13.3. The Labute approximate surface area is 119 Å². The van der Waals surface area contributed by atoms with Crippen molar-refractivity contribution < 1.29 is 14.3 Å². The Bertz CT molecular complexity index is 565. The highest BCUT2D eigenvalue weighted by molar-refractivity contribution is 7.80. The first-order chi connectivity index (χ1) is 8.99. The van der Waals surface area contributed by atoms with Crippen LogP contribution in [0.2, 0.25) is 5.02 Å². The number of hydrogen-bond acceptors (Lipinski definition) is 3. The molecule has 1 aromatic rings. The van der Waals surface area contributed by atoms with Gasteiger partial charge in [-0.3, -0.25) is 9.69 Å². The van der Waals surface area contributed by atoms with Gasteiger partial charge in [0.25, 0.3) is 0 Å². The van der Waals surface area contributed by atoms with Crippen LogP contribution in [0.4, 0.5) is 10.1 Å². The van der Waals surface area contributed by atoms with Gasteiger partial charge in [0.05, 0.1) is 23.2 Å². The lowest BCUT2D eigenvalue weighted by Crippen LogP contribution is -2.39. The van der Waals surface area contributed by atoms with Gasteiger partial charge in [-0.1, -0.05) is 17.7 Å². The third-order valence-corrected chi connectivity index (χ3v) is 3.20. The van der Waals surface area contributed by atoms with E-state index in [1.54, 1.807) is 6.07 Å². The van der Waals surface area contributed by atoms with Crippen LogP contribution in [0, 0.1) is 5.82 Å². The summed E-state index contributed by atoms with van der Waals surface area (Å²) in [5, 5.41) is 11.9. The molecule has 0 bridgehead atoms. The van der Waals surface area contributed by atoms with E-state index in [4.69, 9.17) is 23.8 Å². The summed E-state index contributed by atoms with van der Waals surface area (Å²) in [6, 6.07) is 4.24. The molecular formula is C12H10ClFN2O2S. The topological polar surface area (TPSA) is 52.6 Å². The Kier molecular flexibility index (Phi) is 4.14. The first-order valence-electron chi connectivity index (χ1n) is 5.42. The van der Waals surface area contributed by atoms with Gasteiger partial charge in [-0.15, -0.1) is 0 Å². The van der Waals surface area contributed by atoms with Crippen molar-refractivity contribution in [2.75, 3.05) is 5.32 Å². The fraction of sp³-hybridized carbons (Fsp3) is 0.167. The van der Waals surface area contributed by atoms with Crippen LogP contribution in [0.25, 0.3) is 0 Å². The van der Waals surface area contributed by atoms with Crippen molar-refractivity contribution in [3.8, 4) is 0 Å². The second-order valence-corrected chi connectivity index (χ2v) is 4.67. The molecule has 100 valence electrons. The standard InChI is InChI=1S/C12H10ClFN2O2S/c13-11-8(14)2-1-3-9(11)15-12(19)16-5-4-7(17)6-10(16)18/h1-5,7,17H,6H2,(H,15,19). The van der Waals surface area contributed by atoms with Gasteiger partial charge in [-0.2, -0.15) is 0 Å². The Morgan fingerprint density at radius 3 is 3.00 bits per heavy atom. The van der Waals surface area contributed by atoms with E-state index in [0.717, 1.165) is 0 Å². The maximum Gasteiger partial charge on any atom is 0.235 e. The molecule has 19 heavy (non-hydrogen) atoms. The molecule has 0 aliphatic carbocycles. The molecule has 0 saturated heterocycles. The average Bonchev–Trinajstić information content (AvgIpc) is 2.34. The summed E-state index contributed by atoms with van der Waals surface area (Å²) in [6.45, 7) is 0. The summed E-state index contributed by atoms with van der Waals surface area (Å²) < 4.78 is 13.3. The number of anilines is 1. The summed E-state index contributed by atoms with van der Waals surface area (Å²) in [6.07, 6.45) is 1.97. The number of nitrogens with zero attached hydrogens (tertiary/aromatic N) is 1. The van der Waals surface area contributed by atoms with Crippen molar-refractivity contribution in [3.63, 3.8) is 0 Å². The molecule has 4 nitrogen and oxygen atoms in total. The number of carbonyl (C=O) groups is 1. The lowest BCUT2D eigenvalue weighted by Gasteiger charge is -2.25. The molecule has 0 spiro atoms. The number of nitrogens with one attached hydrogen (secondary N) is 1. The van der Waals surface area contributed by atoms with E-state index in [0.29, 0.717) is 0 Å². The lowest BCUT2D eigenvalue weighted by molar-refractivity contribution is -0.127. The number of thiocarbonyl (C=S) groups is 1. The fourth-order valence-electron chi connectivity index (χ4n) is 1.57. The fourth-order valence-corrected chi connectivity index (χ4v) is 2.02. The summed E-state index contributed by atoms with van der Waals surface area (Å²) in [5.74, 6) is -0.926. The van der Waals surface area contributed by atoms with Crippen molar-refractivity contribution in [1.29, 1.82) is 0 Å². The van der Waals surface area contributed by atoms with Gasteiger partial charge in [-0.05, 0) is 30.4 Å². The molecule has 0 fully saturated rings. The number of amides is 1. The number of aliphatic hydroxyl groups is 1. The van der Waals surface area contributed by atoms with Crippen LogP contribution in [0.3, 0.4) is 0 Å². The number of aliphatic hydroxyl groups excluding tert-OH is 1. The SMILES string of the molecule is O=C1CC(O)C=CN1C(=S)Nc1cccc(F)c1Cl. The largest absolute Gasteiger partial charge is 0.388 e. The van der Waals surface area contributed by atoms with Crippen LogP contribution in [0.15, 0.2) is 30.5 Å². The normalized spacial score (nSPS) is 18.6. The molecule has 0 radical (unpaired) electrons.